The Morgan fingerprint density at radius 3 is 2.40 bits per heavy atom. The van der Waals surface area contributed by atoms with Gasteiger partial charge in [-0.25, -0.2) is 0 Å². The molecule has 0 atom stereocenters. The summed E-state index contributed by atoms with van der Waals surface area (Å²) in [7, 11) is 0. The summed E-state index contributed by atoms with van der Waals surface area (Å²) in [6.45, 7) is 0.118. The quantitative estimate of drug-likeness (QED) is 0.470. The summed E-state index contributed by atoms with van der Waals surface area (Å²) in [5, 5.41) is 13.1. The van der Waals surface area contributed by atoms with Crippen LogP contribution in [-0.2, 0) is 24.2 Å². The monoisotopic (exact) mass is 437 g/mol. The highest BCUT2D eigenvalue weighted by Gasteiger charge is 2.22. The number of ketones is 1. The molecule has 0 radical (unpaired) electrons. The maximum Gasteiger partial charge on any atom is 0.290 e. The number of rotatable bonds is 5. The molecule has 0 fully saturated rings. The van der Waals surface area contributed by atoms with E-state index >= 15 is 0 Å². The molecule has 3 aromatic rings. The molecule has 7 heteroatoms. The fourth-order valence-corrected chi connectivity index (χ4v) is 4.83. The number of pyridine rings is 1. The summed E-state index contributed by atoms with van der Waals surface area (Å²) in [5.74, 6) is -0.239. The highest BCUT2D eigenvalue weighted by Crippen LogP contribution is 2.37. The van der Waals surface area contributed by atoms with Gasteiger partial charge in [-0.15, -0.1) is 11.3 Å². The molecule has 2 heterocycles. The lowest BCUT2D eigenvalue weighted by Gasteiger charge is -2.09. The van der Waals surface area contributed by atoms with Crippen LogP contribution in [0.4, 0.5) is 5.00 Å². The first-order valence-electron chi connectivity index (χ1n) is 9.59. The number of carbonyl (C=O) groups is 2. The summed E-state index contributed by atoms with van der Waals surface area (Å²) >= 11 is 1.52. The minimum atomic E-state index is -0.188. The molecule has 0 saturated heterocycles. The number of hydrogen-bond donors (Lipinski definition) is 1. The zero-order valence-electron chi connectivity index (χ0n) is 16.2. The Bertz CT molecular complexity index is 1100. The van der Waals surface area contributed by atoms with Crippen molar-refractivity contribution in [3.05, 3.63) is 82.0 Å². The first-order valence-corrected chi connectivity index (χ1v) is 10.4. The Morgan fingerprint density at radius 1 is 1.03 bits per heavy atom. The second-order valence-electron chi connectivity index (χ2n) is 7.03. The molecule has 4 rings (SSSR count). The molecule has 5 nitrogen and oxygen atoms in total. The van der Waals surface area contributed by atoms with Crippen LogP contribution in [0.25, 0.3) is 0 Å². The van der Waals surface area contributed by atoms with E-state index in [-0.39, 0.29) is 30.6 Å². The van der Waals surface area contributed by atoms with E-state index in [1.165, 1.54) is 16.2 Å². The zero-order valence-corrected chi connectivity index (χ0v) is 17.8. The van der Waals surface area contributed by atoms with E-state index in [1.807, 2.05) is 18.2 Å². The summed E-state index contributed by atoms with van der Waals surface area (Å²) in [4.78, 5) is 26.2. The van der Waals surface area contributed by atoms with Gasteiger partial charge < -0.3 is 17.7 Å². The van der Waals surface area contributed by atoms with Crippen molar-refractivity contribution in [1.29, 1.82) is 5.26 Å². The molecule has 30 heavy (non-hydrogen) atoms. The van der Waals surface area contributed by atoms with Crippen molar-refractivity contribution in [2.24, 2.45) is 0 Å². The number of anilines is 1. The first-order chi connectivity index (χ1) is 14.2. The van der Waals surface area contributed by atoms with Crippen LogP contribution in [0.1, 0.15) is 44.8 Å². The molecule has 152 valence electrons. The van der Waals surface area contributed by atoms with E-state index in [0.29, 0.717) is 21.7 Å². The van der Waals surface area contributed by atoms with Crippen LogP contribution in [0.3, 0.4) is 0 Å². The number of nitriles is 1. The molecule has 0 unspecified atom stereocenters. The third-order valence-corrected chi connectivity index (χ3v) is 6.26. The highest BCUT2D eigenvalue weighted by atomic mass is 35.5. The van der Waals surface area contributed by atoms with E-state index in [9.17, 15) is 14.9 Å². The third-order valence-electron chi connectivity index (χ3n) is 5.05. The molecule has 1 aliphatic carbocycles. The van der Waals surface area contributed by atoms with Crippen molar-refractivity contribution in [2.45, 2.75) is 32.2 Å². The molecule has 2 aromatic heterocycles. The fourth-order valence-electron chi connectivity index (χ4n) is 3.57. The van der Waals surface area contributed by atoms with Gasteiger partial charge >= 0.3 is 0 Å². The second kappa shape index (κ2) is 9.66. The molecule has 0 saturated carbocycles. The van der Waals surface area contributed by atoms with Gasteiger partial charge in [-0.05, 0) is 31.2 Å². The van der Waals surface area contributed by atoms with E-state index in [0.717, 1.165) is 31.2 Å². The van der Waals surface area contributed by atoms with Crippen LogP contribution in [-0.4, -0.2) is 11.7 Å². The number of fused-ring (bicyclic) bond motifs is 1. The van der Waals surface area contributed by atoms with Gasteiger partial charge in [-0.2, -0.15) is 9.83 Å². The molecule has 1 aromatic carbocycles. The standard InChI is InChI=1S/C23H19N3O2S.ClH/c24-14-19-18-8-4-5-9-20(18)29-23(19)25-21(27)15-26-12-10-17(11-13-26)22(28)16-6-2-1-3-7-16;/h1-3,6-7,10-13H,4-5,8-9,15H2;1H. The van der Waals surface area contributed by atoms with Gasteiger partial charge in [0.15, 0.2) is 18.2 Å². The Balaban J connectivity index is 0.00000256. The SMILES string of the molecule is N#Cc1c(NC(=O)C[n+]2ccc(C(=O)c3ccccc3)cc2)sc2c1CCCC2.[Cl-]. The predicted octanol–water partition coefficient (Wildman–Crippen LogP) is 0.660. The Morgan fingerprint density at radius 2 is 1.70 bits per heavy atom. The number of aryl methyl sites for hydroxylation is 1. The highest BCUT2D eigenvalue weighted by molar-refractivity contribution is 7.16. The topological polar surface area (TPSA) is 73.8 Å². The van der Waals surface area contributed by atoms with Crippen LogP contribution in [0.2, 0.25) is 0 Å². The maximum atomic E-state index is 12.5. The number of thiophene rings is 1. The molecular weight excluding hydrogens is 418 g/mol. The van der Waals surface area contributed by atoms with Gasteiger partial charge in [0.05, 0.1) is 5.56 Å². The van der Waals surface area contributed by atoms with E-state index in [4.69, 9.17) is 0 Å². The average Bonchev–Trinajstić information content (AvgIpc) is 3.11. The lowest BCUT2D eigenvalue weighted by Crippen LogP contribution is -3.00. The van der Waals surface area contributed by atoms with Gasteiger partial charge in [-0.3, -0.25) is 9.59 Å². The zero-order chi connectivity index (χ0) is 20.2. The summed E-state index contributed by atoms with van der Waals surface area (Å²) in [6.07, 6.45) is 7.57. The molecular formula is C23H20ClN3O2S. The van der Waals surface area contributed by atoms with Gasteiger partial charge in [0.1, 0.15) is 11.1 Å². The van der Waals surface area contributed by atoms with Gasteiger partial charge in [0.25, 0.3) is 5.91 Å². The van der Waals surface area contributed by atoms with Crippen LogP contribution in [0.15, 0.2) is 54.9 Å². The number of amides is 1. The molecule has 1 N–H and O–H groups in total. The Hall–Kier alpha value is -3.01. The number of carbonyl (C=O) groups excluding carboxylic acids is 2. The van der Waals surface area contributed by atoms with Crippen molar-refractivity contribution in [2.75, 3.05) is 5.32 Å². The predicted molar refractivity (Wildman–Crippen MR) is 111 cm³/mol. The Labute approximate surface area is 185 Å². The van der Waals surface area contributed by atoms with Crippen molar-refractivity contribution in [1.82, 2.24) is 0 Å². The average molecular weight is 438 g/mol. The molecule has 0 bridgehead atoms. The number of hydrogen-bond acceptors (Lipinski definition) is 4. The summed E-state index contributed by atoms with van der Waals surface area (Å²) < 4.78 is 1.72. The van der Waals surface area contributed by atoms with Gasteiger partial charge in [-0.1, -0.05) is 30.3 Å². The van der Waals surface area contributed by atoms with Crippen LogP contribution >= 0.6 is 11.3 Å². The van der Waals surface area contributed by atoms with Crippen LogP contribution in [0.5, 0.6) is 0 Å². The lowest BCUT2D eigenvalue weighted by molar-refractivity contribution is -0.684. The number of benzene rings is 1. The van der Waals surface area contributed by atoms with Crippen molar-refractivity contribution < 1.29 is 26.6 Å². The molecule has 0 aliphatic heterocycles. The summed E-state index contributed by atoms with van der Waals surface area (Å²) in [6, 6.07) is 14.8. The Kier molecular flexibility index (Phi) is 6.99. The van der Waals surface area contributed by atoms with E-state index in [1.54, 1.807) is 41.2 Å². The largest absolute Gasteiger partial charge is 1.00 e. The number of aromatic nitrogens is 1. The molecule has 1 amide bonds. The normalized spacial score (nSPS) is 12.2. The fraction of sp³-hybridized carbons (Fsp3) is 0.217. The van der Waals surface area contributed by atoms with Crippen LogP contribution in [0, 0.1) is 11.3 Å². The summed E-state index contributed by atoms with van der Waals surface area (Å²) in [5.41, 5.74) is 2.93. The molecule has 1 aliphatic rings. The molecule has 0 spiro atoms. The van der Waals surface area contributed by atoms with Crippen LogP contribution < -0.4 is 22.3 Å². The second-order valence-corrected chi connectivity index (χ2v) is 8.13. The van der Waals surface area contributed by atoms with Crippen molar-refractivity contribution >= 4 is 28.0 Å². The number of nitrogens with one attached hydrogen (secondary N) is 1. The van der Waals surface area contributed by atoms with Crippen molar-refractivity contribution in [3.63, 3.8) is 0 Å². The number of halogens is 1. The maximum absolute atomic E-state index is 12.5. The third kappa shape index (κ3) is 4.59. The van der Waals surface area contributed by atoms with E-state index < -0.39 is 0 Å². The van der Waals surface area contributed by atoms with Crippen molar-refractivity contribution in [3.8, 4) is 6.07 Å². The lowest BCUT2D eigenvalue weighted by atomic mass is 9.96. The van der Waals surface area contributed by atoms with E-state index in [2.05, 4.69) is 11.4 Å². The van der Waals surface area contributed by atoms with Gasteiger partial charge in [0.2, 0.25) is 6.54 Å². The minimum absolute atomic E-state index is 0. The number of nitrogens with zero attached hydrogens (tertiary/aromatic N) is 2. The first kappa shape index (κ1) is 21.7. The minimum Gasteiger partial charge on any atom is -1.00 e. The smallest absolute Gasteiger partial charge is 0.290 e. The van der Waals surface area contributed by atoms with Gasteiger partial charge in [0, 0.05) is 28.1 Å².